The zero-order chi connectivity index (χ0) is 17.8. The molecule has 1 aliphatic heterocycles. The summed E-state index contributed by atoms with van der Waals surface area (Å²) in [4.78, 5) is 14.2. The van der Waals surface area contributed by atoms with Crippen molar-refractivity contribution in [2.45, 2.75) is 19.6 Å². The highest BCUT2D eigenvalue weighted by Crippen LogP contribution is 2.31. The number of ether oxygens (including phenoxy) is 3. The average Bonchev–Trinajstić information content (AvgIpc) is 2.62. The van der Waals surface area contributed by atoms with Crippen LogP contribution in [-0.4, -0.2) is 37.2 Å². The van der Waals surface area contributed by atoms with Crippen LogP contribution in [0.3, 0.4) is 0 Å². The van der Waals surface area contributed by atoms with E-state index in [1.54, 1.807) is 18.9 Å². The molecule has 0 saturated carbocycles. The van der Waals surface area contributed by atoms with Gasteiger partial charge in [-0.15, -0.1) is 0 Å². The van der Waals surface area contributed by atoms with Gasteiger partial charge in [-0.2, -0.15) is 0 Å². The predicted octanol–water partition coefficient (Wildman–Crippen LogP) is 3.65. The molecule has 0 radical (unpaired) electrons. The van der Waals surface area contributed by atoms with Gasteiger partial charge in [-0.3, -0.25) is 4.79 Å². The number of fused-ring (bicyclic) bond motifs is 1. The van der Waals surface area contributed by atoms with Gasteiger partial charge in [-0.1, -0.05) is 22.0 Å². The Morgan fingerprint density at radius 2 is 1.84 bits per heavy atom. The van der Waals surface area contributed by atoms with Crippen molar-refractivity contribution in [1.29, 1.82) is 0 Å². The second-order valence-electron chi connectivity index (χ2n) is 5.89. The first-order valence-electron chi connectivity index (χ1n) is 8.08. The van der Waals surface area contributed by atoms with E-state index < -0.39 is 6.10 Å². The molecule has 5 nitrogen and oxygen atoms in total. The van der Waals surface area contributed by atoms with Gasteiger partial charge in [0.05, 0.1) is 0 Å². The minimum Gasteiger partial charge on any atom is -0.486 e. The molecular formula is C19H20BrNO4. The van der Waals surface area contributed by atoms with Gasteiger partial charge in [0, 0.05) is 18.1 Å². The Kier molecular flexibility index (Phi) is 5.48. The van der Waals surface area contributed by atoms with Gasteiger partial charge in [0.25, 0.3) is 5.91 Å². The fourth-order valence-corrected chi connectivity index (χ4v) is 2.88. The molecule has 1 unspecified atom stereocenters. The maximum absolute atomic E-state index is 12.5. The van der Waals surface area contributed by atoms with E-state index >= 15 is 0 Å². The molecule has 0 aliphatic carbocycles. The van der Waals surface area contributed by atoms with E-state index in [9.17, 15) is 4.79 Å². The number of rotatable bonds is 5. The SMILES string of the molecule is CC(Oc1ccc(Br)cc1)C(=O)N(C)Cc1ccc2c(c1)OCCO2. The Labute approximate surface area is 155 Å². The third-order valence-electron chi connectivity index (χ3n) is 3.88. The van der Waals surface area contributed by atoms with E-state index in [0.717, 1.165) is 21.5 Å². The number of amides is 1. The number of halogens is 1. The highest BCUT2D eigenvalue weighted by molar-refractivity contribution is 9.10. The van der Waals surface area contributed by atoms with Crippen LogP contribution in [0.2, 0.25) is 0 Å². The Morgan fingerprint density at radius 1 is 1.16 bits per heavy atom. The average molecular weight is 406 g/mol. The van der Waals surface area contributed by atoms with Crippen molar-refractivity contribution in [1.82, 2.24) is 4.90 Å². The topological polar surface area (TPSA) is 48.0 Å². The van der Waals surface area contributed by atoms with Crippen LogP contribution in [0.15, 0.2) is 46.9 Å². The number of carbonyl (C=O) groups excluding carboxylic acids is 1. The minimum absolute atomic E-state index is 0.0854. The van der Waals surface area contributed by atoms with Gasteiger partial charge < -0.3 is 19.1 Å². The third-order valence-corrected chi connectivity index (χ3v) is 4.41. The van der Waals surface area contributed by atoms with Gasteiger partial charge >= 0.3 is 0 Å². The molecule has 25 heavy (non-hydrogen) atoms. The van der Waals surface area contributed by atoms with Crippen LogP contribution in [0.1, 0.15) is 12.5 Å². The summed E-state index contributed by atoms with van der Waals surface area (Å²) in [7, 11) is 1.76. The van der Waals surface area contributed by atoms with Gasteiger partial charge in [0.2, 0.25) is 0 Å². The standard InChI is InChI=1S/C19H20BrNO4/c1-13(25-16-6-4-15(20)5-7-16)19(22)21(2)12-14-3-8-17-18(11-14)24-10-9-23-17/h3-8,11,13H,9-10,12H2,1-2H3. The van der Waals surface area contributed by atoms with E-state index in [-0.39, 0.29) is 5.91 Å². The number of hydrogen-bond donors (Lipinski definition) is 0. The molecular weight excluding hydrogens is 386 g/mol. The third kappa shape index (κ3) is 4.45. The molecule has 1 atom stereocenters. The molecule has 0 bridgehead atoms. The van der Waals surface area contributed by atoms with E-state index in [1.807, 2.05) is 42.5 Å². The van der Waals surface area contributed by atoms with Crippen molar-refractivity contribution in [3.05, 3.63) is 52.5 Å². The number of benzene rings is 2. The lowest BCUT2D eigenvalue weighted by Gasteiger charge is -2.23. The molecule has 0 fully saturated rings. The molecule has 132 valence electrons. The first kappa shape index (κ1) is 17.6. The zero-order valence-corrected chi connectivity index (χ0v) is 15.8. The molecule has 2 aromatic rings. The predicted molar refractivity (Wildman–Crippen MR) is 98.1 cm³/mol. The molecule has 0 N–H and O–H groups in total. The molecule has 0 saturated heterocycles. The number of carbonyl (C=O) groups is 1. The highest BCUT2D eigenvalue weighted by Gasteiger charge is 2.20. The first-order chi connectivity index (χ1) is 12.0. The van der Waals surface area contributed by atoms with Crippen molar-refractivity contribution >= 4 is 21.8 Å². The number of likely N-dealkylation sites (N-methyl/N-ethyl adjacent to an activating group) is 1. The lowest BCUT2D eigenvalue weighted by molar-refractivity contribution is -0.137. The van der Waals surface area contributed by atoms with Crippen molar-refractivity contribution in [2.24, 2.45) is 0 Å². The van der Waals surface area contributed by atoms with E-state index in [4.69, 9.17) is 14.2 Å². The van der Waals surface area contributed by atoms with Crippen molar-refractivity contribution < 1.29 is 19.0 Å². The van der Waals surface area contributed by atoms with Crippen LogP contribution in [-0.2, 0) is 11.3 Å². The Bertz CT molecular complexity index is 748. The smallest absolute Gasteiger partial charge is 0.263 e. The summed E-state index contributed by atoms with van der Waals surface area (Å²) >= 11 is 3.38. The fraction of sp³-hybridized carbons (Fsp3) is 0.316. The largest absolute Gasteiger partial charge is 0.486 e. The summed E-state index contributed by atoms with van der Waals surface area (Å²) < 4.78 is 17.8. The zero-order valence-electron chi connectivity index (χ0n) is 14.2. The monoisotopic (exact) mass is 405 g/mol. The second-order valence-corrected chi connectivity index (χ2v) is 6.80. The van der Waals surface area contributed by atoms with Gasteiger partial charge in [0.1, 0.15) is 19.0 Å². The molecule has 0 aromatic heterocycles. The maximum atomic E-state index is 12.5. The number of hydrogen-bond acceptors (Lipinski definition) is 4. The summed E-state index contributed by atoms with van der Waals surface area (Å²) in [6, 6.07) is 13.2. The molecule has 0 spiro atoms. The number of nitrogens with zero attached hydrogens (tertiary/aromatic N) is 1. The summed E-state index contributed by atoms with van der Waals surface area (Å²) in [6.07, 6.45) is -0.566. The summed E-state index contributed by atoms with van der Waals surface area (Å²) in [5.74, 6) is 2.05. The van der Waals surface area contributed by atoms with Crippen LogP contribution < -0.4 is 14.2 Å². The summed E-state index contributed by atoms with van der Waals surface area (Å²) in [6.45, 7) is 3.34. The summed E-state index contributed by atoms with van der Waals surface area (Å²) in [5, 5.41) is 0. The van der Waals surface area contributed by atoms with E-state index in [1.165, 1.54) is 0 Å². The lowest BCUT2D eigenvalue weighted by atomic mass is 10.1. The molecule has 6 heteroatoms. The molecule has 1 aliphatic rings. The first-order valence-corrected chi connectivity index (χ1v) is 8.88. The quantitative estimate of drug-likeness (QED) is 0.761. The minimum atomic E-state index is -0.566. The Hall–Kier alpha value is -2.21. The van der Waals surface area contributed by atoms with Crippen molar-refractivity contribution in [3.8, 4) is 17.2 Å². The van der Waals surface area contributed by atoms with Crippen molar-refractivity contribution in [3.63, 3.8) is 0 Å². The van der Waals surface area contributed by atoms with Crippen molar-refractivity contribution in [2.75, 3.05) is 20.3 Å². The van der Waals surface area contributed by atoms with Gasteiger partial charge in [-0.25, -0.2) is 0 Å². The fourth-order valence-electron chi connectivity index (χ4n) is 2.62. The van der Waals surface area contributed by atoms with Crippen LogP contribution in [0.25, 0.3) is 0 Å². The molecule has 2 aromatic carbocycles. The maximum Gasteiger partial charge on any atom is 0.263 e. The normalized spacial score (nSPS) is 13.9. The molecule has 3 rings (SSSR count). The summed E-state index contributed by atoms with van der Waals surface area (Å²) in [5.41, 5.74) is 0.982. The second kappa shape index (κ2) is 7.78. The Balaban J connectivity index is 1.60. The van der Waals surface area contributed by atoms with E-state index in [2.05, 4.69) is 15.9 Å². The van der Waals surface area contributed by atoms with Crippen LogP contribution in [0.4, 0.5) is 0 Å². The van der Waals surface area contributed by atoms with Crippen LogP contribution in [0.5, 0.6) is 17.2 Å². The Morgan fingerprint density at radius 3 is 2.56 bits per heavy atom. The van der Waals surface area contributed by atoms with Crippen LogP contribution >= 0.6 is 15.9 Å². The van der Waals surface area contributed by atoms with Crippen LogP contribution in [0, 0.1) is 0 Å². The molecule has 1 amide bonds. The van der Waals surface area contributed by atoms with E-state index in [0.29, 0.717) is 25.5 Å². The molecule has 1 heterocycles. The van der Waals surface area contributed by atoms with Gasteiger partial charge in [-0.05, 0) is 48.9 Å². The lowest BCUT2D eigenvalue weighted by Crippen LogP contribution is -2.37. The van der Waals surface area contributed by atoms with Gasteiger partial charge in [0.15, 0.2) is 17.6 Å². The highest BCUT2D eigenvalue weighted by atomic mass is 79.9.